The predicted molar refractivity (Wildman–Crippen MR) is 86.5 cm³/mol. The molecular weight excluding hydrogens is 300 g/mol. The molecule has 0 heterocycles. The van der Waals surface area contributed by atoms with E-state index in [9.17, 15) is 13.2 Å². The highest BCUT2D eigenvalue weighted by Crippen LogP contribution is 2.26. The van der Waals surface area contributed by atoms with Crippen LogP contribution in [0.5, 0.6) is 0 Å². The Labute approximate surface area is 132 Å². The Morgan fingerprint density at radius 2 is 1.86 bits per heavy atom. The van der Waals surface area contributed by atoms with E-state index < -0.39 is 10.0 Å². The summed E-state index contributed by atoms with van der Waals surface area (Å²) >= 11 is 0. The van der Waals surface area contributed by atoms with Gasteiger partial charge in [-0.05, 0) is 37.8 Å². The van der Waals surface area contributed by atoms with E-state index in [-0.39, 0.29) is 23.6 Å². The number of nitrogens with one attached hydrogen (secondary N) is 2. The molecule has 1 amide bonds. The number of amides is 1. The Hall–Kier alpha value is -1.40. The van der Waals surface area contributed by atoms with Crippen molar-refractivity contribution in [2.24, 2.45) is 5.92 Å². The number of hydrogen-bond acceptors (Lipinski definition) is 3. The van der Waals surface area contributed by atoms with E-state index in [2.05, 4.69) is 10.0 Å². The minimum atomic E-state index is -3.37. The van der Waals surface area contributed by atoms with Crippen LogP contribution in [0.15, 0.2) is 24.3 Å². The Morgan fingerprint density at radius 3 is 2.41 bits per heavy atom. The summed E-state index contributed by atoms with van der Waals surface area (Å²) in [5.41, 5.74) is 1.58. The second-order valence-electron chi connectivity index (χ2n) is 6.15. The lowest BCUT2D eigenvalue weighted by molar-refractivity contribution is -0.127. The van der Waals surface area contributed by atoms with Crippen molar-refractivity contribution < 1.29 is 13.2 Å². The molecule has 0 spiro atoms. The third-order valence-corrected chi connectivity index (χ3v) is 5.33. The van der Waals surface area contributed by atoms with E-state index >= 15 is 0 Å². The van der Waals surface area contributed by atoms with Crippen LogP contribution in [-0.4, -0.2) is 20.4 Å². The van der Waals surface area contributed by atoms with Crippen molar-refractivity contribution in [3.63, 3.8) is 0 Å². The molecule has 0 unspecified atom stereocenters. The summed E-state index contributed by atoms with van der Waals surface area (Å²) < 4.78 is 26.7. The van der Waals surface area contributed by atoms with Gasteiger partial charge in [0.15, 0.2) is 0 Å². The average molecular weight is 324 g/mol. The number of hydrogen-bond donors (Lipinski definition) is 2. The summed E-state index contributed by atoms with van der Waals surface area (Å²) in [6.45, 7) is 3.97. The molecule has 122 valence electrons. The number of sulfonamides is 1. The molecule has 0 saturated heterocycles. The number of rotatable bonds is 7. The third-order valence-electron chi connectivity index (χ3n) is 3.81. The highest BCUT2D eigenvalue weighted by molar-refractivity contribution is 7.88. The molecule has 22 heavy (non-hydrogen) atoms. The lowest BCUT2D eigenvalue weighted by atomic mass is 9.85. The third kappa shape index (κ3) is 4.81. The first kappa shape index (κ1) is 17.0. The van der Waals surface area contributed by atoms with Crippen LogP contribution in [-0.2, 0) is 27.1 Å². The van der Waals surface area contributed by atoms with Crippen molar-refractivity contribution in [1.82, 2.24) is 10.0 Å². The molecule has 1 saturated carbocycles. The summed E-state index contributed by atoms with van der Waals surface area (Å²) in [5, 5.41) is 2.91. The fourth-order valence-electron chi connectivity index (χ4n) is 2.47. The van der Waals surface area contributed by atoms with Crippen molar-refractivity contribution in [2.75, 3.05) is 0 Å². The van der Waals surface area contributed by atoms with Gasteiger partial charge in [0.25, 0.3) is 0 Å². The lowest BCUT2D eigenvalue weighted by Crippen LogP contribution is -2.34. The number of carbonyl (C=O) groups is 1. The van der Waals surface area contributed by atoms with Gasteiger partial charge in [-0.1, -0.05) is 30.7 Å². The molecule has 1 aromatic rings. The molecule has 1 fully saturated rings. The highest BCUT2D eigenvalue weighted by atomic mass is 32.2. The molecule has 5 nitrogen and oxygen atoms in total. The van der Waals surface area contributed by atoms with Crippen LogP contribution in [0, 0.1) is 5.92 Å². The van der Waals surface area contributed by atoms with E-state index in [1.165, 1.54) is 0 Å². The Balaban J connectivity index is 2.01. The number of benzene rings is 1. The topological polar surface area (TPSA) is 75.3 Å². The summed E-state index contributed by atoms with van der Waals surface area (Å²) in [4.78, 5) is 11.9. The molecule has 0 bridgehead atoms. The molecule has 0 aromatic heterocycles. The fraction of sp³-hybridized carbons (Fsp3) is 0.562. The Morgan fingerprint density at radius 1 is 1.23 bits per heavy atom. The molecule has 0 atom stereocenters. The van der Waals surface area contributed by atoms with Gasteiger partial charge in [-0.2, -0.15) is 0 Å². The van der Waals surface area contributed by atoms with Crippen molar-refractivity contribution in [3.8, 4) is 0 Å². The van der Waals surface area contributed by atoms with Gasteiger partial charge < -0.3 is 5.32 Å². The van der Waals surface area contributed by atoms with Crippen LogP contribution in [0.4, 0.5) is 0 Å². The van der Waals surface area contributed by atoms with Crippen molar-refractivity contribution in [2.45, 2.75) is 51.4 Å². The zero-order chi connectivity index (χ0) is 16.2. The van der Waals surface area contributed by atoms with Gasteiger partial charge in [0.05, 0.1) is 5.75 Å². The molecule has 0 radical (unpaired) electrons. The molecule has 6 heteroatoms. The van der Waals surface area contributed by atoms with Gasteiger partial charge in [-0.3, -0.25) is 4.79 Å². The Bertz CT molecular complexity index is 622. The maximum absolute atomic E-state index is 12.1. The summed E-state index contributed by atoms with van der Waals surface area (Å²) in [6.07, 6.45) is 3.04. The van der Waals surface area contributed by atoms with Crippen LogP contribution in [0.2, 0.25) is 0 Å². The van der Waals surface area contributed by atoms with Gasteiger partial charge >= 0.3 is 0 Å². The minimum Gasteiger partial charge on any atom is -0.352 e. The molecule has 1 aliphatic carbocycles. The monoisotopic (exact) mass is 324 g/mol. The first-order chi connectivity index (χ1) is 10.4. The SMILES string of the molecule is CC(C)NS(=O)(=O)Cc1ccccc1CNC(=O)C1CCC1. The van der Waals surface area contributed by atoms with Crippen molar-refractivity contribution in [3.05, 3.63) is 35.4 Å². The van der Waals surface area contributed by atoms with Crippen LogP contribution in [0.1, 0.15) is 44.2 Å². The van der Waals surface area contributed by atoms with Gasteiger partial charge in [0, 0.05) is 18.5 Å². The molecular formula is C16H24N2O3S. The maximum Gasteiger partial charge on any atom is 0.223 e. The summed E-state index contributed by atoms with van der Waals surface area (Å²) in [6, 6.07) is 7.20. The highest BCUT2D eigenvalue weighted by Gasteiger charge is 2.25. The molecule has 2 N–H and O–H groups in total. The average Bonchev–Trinajstić information content (AvgIpc) is 2.33. The molecule has 0 aliphatic heterocycles. The quantitative estimate of drug-likeness (QED) is 0.805. The lowest BCUT2D eigenvalue weighted by Gasteiger charge is -2.24. The smallest absolute Gasteiger partial charge is 0.223 e. The minimum absolute atomic E-state index is 0.0688. The standard InChI is InChI=1S/C16H24N2O3S/c1-12(2)18-22(20,21)11-15-7-4-3-6-14(15)10-17-16(19)13-8-5-9-13/h3-4,6-7,12-13,18H,5,8-11H2,1-2H3,(H,17,19). The van der Waals surface area contributed by atoms with Crippen molar-refractivity contribution >= 4 is 15.9 Å². The van der Waals surface area contributed by atoms with Gasteiger partial charge in [-0.25, -0.2) is 13.1 Å². The zero-order valence-electron chi connectivity index (χ0n) is 13.1. The van der Waals surface area contributed by atoms with E-state index in [4.69, 9.17) is 0 Å². The van der Waals surface area contributed by atoms with Gasteiger partial charge in [0.1, 0.15) is 0 Å². The Kier molecular flexibility index (Phi) is 5.58. The predicted octanol–water partition coefficient (Wildman–Crippen LogP) is 1.93. The fourth-order valence-corrected chi connectivity index (χ4v) is 3.97. The van der Waals surface area contributed by atoms with Gasteiger partial charge in [0.2, 0.25) is 15.9 Å². The zero-order valence-corrected chi connectivity index (χ0v) is 13.9. The van der Waals surface area contributed by atoms with E-state index in [1.54, 1.807) is 19.9 Å². The van der Waals surface area contributed by atoms with Crippen LogP contribution in [0.3, 0.4) is 0 Å². The van der Waals surface area contributed by atoms with Crippen LogP contribution in [0.25, 0.3) is 0 Å². The van der Waals surface area contributed by atoms with Crippen LogP contribution < -0.4 is 10.0 Å². The van der Waals surface area contributed by atoms with Gasteiger partial charge in [-0.15, -0.1) is 0 Å². The summed E-state index contributed by atoms with van der Waals surface area (Å²) in [7, 11) is -3.37. The van der Waals surface area contributed by atoms with E-state index in [1.807, 2.05) is 18.2 Å². The number of carbonyl (C=O) groups excluding carboxylic acids is 1. The molecule has 1 aromatic carbocycles. The summed E-state index contributed by atoms with van der Waals surface area (Å²) in [5.74, 6) is 0.142. The van der Waals surface area contributed by atoms with Crippen molar-refractivity contribution in [1.29, 1.82) is 0 Å². The van der Waals surface area contributed by atoms with E-state index in [0.717, 1.165) is 30.4 Å². The first-order valence-corrected chi connectivity index (χ1v) is 9.37. The normalized spacial score (nSPS) is 15.6. The van der Waals surface area contributed by atoms with E-state index in [0.29, 0.717) is 6.54 Å². The molecule has 1 aliphatic rings. The largest absolute Gasteiger partial charge is 0.352 e. The second kappa shape index (κ2) is 7.24. The maximum atomic E-state index is 12.1. The molecule has 2 rings (SSSR count). The second-order valence-corrected chi connectivity index (χ2v) is 7.90. The first-order valence-electron chi connectivity index (χ1n) is 7.72. The van der Waals surface area contributed by atoms with Crippen LogP contribution >= 0.6 is 0 Å².